The molecule has 5 nitrogen and oxygen atoms in total. The number of carbonyl (C=O) groups excluding carboxylic acids is 1. The molecular weight excluding hydrogens is 336 g/mol. The fraction of sp³-hybridized carbons (Fsp3) is 0.263. The van der Waals surface area contributed by atoms with Crippen LogP contribution < -0.4 is 20.1 Å². The molecule has 6 heteroatoms. The average molecular weight is 358 g/mol. The van der Waals surface area contributed by atoms with Crippen molar-refractivity contribution in [2.75, 3.05) is 12.4 Å². The van der Waals surface area contributed by atoms with Crippen molar-refractivity contribution in [2.24, 2.45) is 0 Å². The third-order valence-corrected chi connectivity index (χ3v) is 3.81. The topological polar surface area (TPSA) is 59.6 Å². The first kappa shape index (κ1) is 18.7. The Balaban J connectivity index is 1.89. The number of benzene rings is 2. The molecule has 0 fully saturated rings. The number of hydrogen-bond donors (Lipinski definition) is 2. The van der Waals surface area contributed by atoms with E-state index in [1.165, 1.54) is 0 Å². The summed E-state index contributed by atoms with van der Waals surface area (Å²) in [5.41, 5.74) is 1.28. The van der Waals surface area contributed by atoms with Gasteiger partial charge in [-0.2, -0.15) is 0 Å². The van der Waals surface area contributed by atoms with E-state index in [1.807, 2.05) is 31.2 Å². The van der Waals surface area contributed by atoms with Crippen LogP contribution in [0.5, 0.6) is 11.5 Å². The Bertz CT molecular complexity index is 714. The number of amides is 1. The number of rotatable bonds is 6. The molecule has 0 aromatic heterocycles. The highest BCUT2D eigenvalue weighted by atomic mass is 32.1. The maximum Gasteiger partial charge on any atom is 0.257 e. The van der Waals surface area contributed by atoms with E-state index >= 15 is 0 Å². The molecule has 0 aliphatic heterocycles. The first-order valence-electron chi connectivity index (χ1n) is 8.05. The summed E-state index contributed by atoms with van der Waals surface area (Å²) in [6, 6.07) is 14.2. The largest absolute Gasteiger partial charge is 0.497 e. The lowest BCUT2D eigenvalue weighted by atomic mass is 10.2. The van der Waals surface area contributed by atoms with Gasteiger partial charge in [0, 0.05) is 11.3 Å². The fourth-order valence-electron chi connectivity index (χ4n) is 2.01. The Morgan fingerprint density at radius 2 is 1.68 bits per heavy atom. The summed E-state index contributed by atoms with van der Waals surface area (Å²) < 4.78 is 10.8. The number of anilines is 1. The highest BCUT2D eigenvalue weighted by Gasteiger charge is 2.08. The third kappa shape index (κ3) is 5.76. The normalized spacial score (nSPS) is 11.3. The van der Waals surface area contributed by atoms with Crippen molar-refractivity contribution in [3.05, 3.63) is 54.1 Å². The lowest BCUT2D eigenvalue weighted by Crippen LogP contribution is -2.34. The standard InChI is InChI=1S/C19H22N2O3S/c1-4-13(2)24-17-11-7-15(8-12-17)20-19(25)21-18(22)14-5-9-16(23-3)10-6-14/h5-13H,4H2,1-3H3,(H2,20,21,22,25). The monoisotopic (exact) mass is 358 g/mol. The van der Waals surface area contributed by atoms with Crippen molar-refractivity contribution in [3.63, 3.8) is 0 Å². The van der Waals surface area contributed by atoms with Gasteiger partial charge in [0.15, 0.2) is 5.11 Å². The van der Waals surface area contributed by atoms with Crippen molar-refractivity contribution in [2.45, 2.75) is 26.4 Å². The molecule has 1 atom stereocenters. The van der Waals surface area contributed by atoms with E-state index in [-0.39, 0.29) is 17.1 Å². The van der Waals surface area contributed by atoms with Crippen LogP contribution in [0.3, 0.4) is 0 Å². The van der Waals surface area contributed by atoms with Gasteiger partial charge in [-0.3, -0.25) is 10.1 Å². The van der Waals surface area contributed by atoms with Crippen LogP contribution >= 0.6 is 12.2 Å². The van der Waals surface area contributed by atoms with Crippen LogP contribution in [0.1, 0.15) is 30.6 Å². The number of carbonyl (C=O) groups is 1. The van der Waals surface area contributed by atoms with Gasteiger partial charge in [-0.15, -0.1) is 0 Å². The number of ether oxygens (including phenoxy) is 2. The van der Waals surface area contributed by atoms with Crippen molar-refractivity contribution in [1.29, 1.82) is 0 Å². The summed E-state index contributed by atoms with van der Waals surface area (Å²) in [5, 5.41) is 5.86. The summed E-state index contributed by atoms with van der Waals surface area (Å²) in [6.07, 6.45) is 1.12. The molecular formula is C19H22N2O3S. The second-order valence-electron chi connectivity index (χ2n) is 5.50. The summed E-state index contributed by atoms with van der Waals surface area (Å²) in [6.45, 7) is 4.10. The van der Waals surface area contributed by atoms with E-state index in [0.717, 1.165) is 17.9 Å². The molecule has 0 spiro atoms. The molecule has 25 heavy (non-hydrogen) atoms. The van der Waals surface area contributed by atoms with Gasteiger partial charge in [0.05, 0.1) is 13.2 Å². The van der Waals surface area contributed by atoms with Gasteiger partial charge in [-0.25, -0.2) is 0 Å². The Labute approximate surface area is 153 Å². The minimum atomic E-state index is -0.281. The van der Waals surface area contributed by atoms with E-state index in [9.17, 15) is 4.79 Å². The average Bonchev–Trinajstić information content (AvgIpc) is 2.63. The van der Waals surface area contributed by atoms with E-state index in [1.54, 1.807) is 31.4 Å². The summed E-state index contributed by atoms with van der Waals surface area (Å²) in [7, 11) is 1.58. The van der Waals surface area contributed by atoms with Crippen molar-refractivity contribution in [3.8, 4) is 11.5 Å². The SMILES string of the molecule is CCC(C)Oc1ccc(NC(=S)NC(=O)c2ccc(OC)cc2)cc1. The number of hydrogen-bond acceptors (Lipinski definition) is 4. The molecule has 1 unspecified atom stereocenters. The van der Waals surface area contributed by atoms with Crippen molar-refractivity contribution in [1.82, 2.24) is 5.32 Å². The first-order valence-corrected chi connectivity index (χ1v) is 8.45. The highest BCUT2D eigenvalue weighted by molar-refractivity contribution is 7.80. The predicted octanol–water partition coefficient (Wildman–Crippen LogP) is 4.00. The van der Waals surface area contributed by atoms with Crippen LogP contribution in [0, 0.1) is 0 Å². The fourth-order valence-corrected chi connectivity index (χ4v) is 2.22. The van der Waals surface area contributed by atoms with E-state index in [2.05, 4.69) is 17.6 Å². The molecule has 0 saturated carbocycles. The third-order valence-electron chi connectivity index (χ3n) is 3.60. The smallest absolute Gasteiger partial charge is 0.257 e. The molecule has 2 aromatic carbocycles. The second kappa shape index (κ2) is 9.03. The van der Waals surface area contributed by atoms with Crippen LogP contribution in [0.4, 0.5) is 5.69 Å². The van der Waals surface area contributed by atoms with Gasteiger partial charge in [-0.05, 0) is 74.1 Å². The number of thiocarbonyl (C=S) groups is 1. The molecule has 2 aromatic rings. The van der Waals surface area contributed by atoms with Gasteiger partial charge < -0.3 is 14.8 Å². The van der Waals surface area contributed by atoms with Crippen LogP contribution in [-0.2, 0) is 0 Å². The Kier molecular flexibility index (Phi) is 6.77. The van der Waals surface area contributed by atoms with Gasteiger partial charge >= 0.3 is 0 Å². The van der Waals surface area contributed by atoms with Crippen LogP contribution in [0.25, 0.3) is 0 Å². The second-order valence-corrected chi connectivity index (χ2v) is 5.91. The van der Waals surface area contributed by atoms with E-state index < -0.39 is 0 Å². The maximum absolute atomic E-state index is 12.2. The zero-order chi connectivity index (χ0) is 18.2. The van der Waals surface area contributed by atoms with E-state index in [4.69, 9.17) is 21.7 Å². The first-order chi connectivity index (χ1) is 12.0. The molecule has 2 rings (SSSR count). The minimum Gasteiger partial charge on any atom is -0.497 e. The van der Waals surface area contributed by atoms with Gasteiger partial charge in [0.2, 0.25) is 0 Å². The Hall–Kier alpha value is -2.60. The molecule has 132 valence electrons. The number of nitrogens with one attached hydrogen (secondary N) is 2. The minimum absolute atomic E-state index is 0.170. The molecule has 0 radical (unpaired) electrons. The van der Waals surface area contributed by atoms with Gasteiger partial charge in [0.25, 0.3) is 5.91 Å². The quantitative estimate of drug-likeness (QED) is 0.765. The van der Waals surface area contributed by atoms with Crippen molar-refractivity contribution < 1.29 is 14.3 Å². The van der Waals surface area contributed by atoms with Crippen LogP contribution in [-0.4, -0.2) is 24.2 Å². The highest BCUT2D eigenvalue weighted by Crippen LogP contribution is 2.17. The molecule has 0 aliphatic carbocycles. The molecule has 0 heterocycles. The zero-order valence-corrected chi connectivity index (χ0v) is 15.4. The maximum atomic E-state index is 12.2. The molecule has 1 amide bonds. The Morgan fingerprint density at radius 3 is 2.24 bits per heavy atom. The van der Waals surface area contributed by atoms with Gasteiger partial charge in [0.1, 0.15) is 11.5 Å². The van der Waals surface area contributed by atoms with Crippen LogP contribution in [0.2, 0.25) is 0 Å². The lowest BCUT2D eigenvalue weighted by molar-refractivity contribution is 0.0977. The Morgan fingerprint density at radius 1 is 1.08 bits per heavy atom. The molecule has 0 bridgehead atoms. The van der Waals surface area contributed by atoms with Crippen molar-refractivity contribution >= 4 is 28.9 Å². The molecule has 2 N–H and O–H groups in total. The molecule has 0 saturated heterocycles. The number of methoxy groups -OCH3 is 1. The summed E-state index contributed by atoms with van der Waals surface area (Å²) in [5.74, 6) is 1.21. The summed E-state index contributed by atoms with van der Waals surface area (Å²) >= 11 is 5.18. The van der Waals surface area contributed by atoms with E-state index in [0.29, 0.717) is 11.3 Å². The molecule has 0 aliphatic rings. The lowest BCUT2D eigenvalue weighted by Gasteiger charge is -2.14. The zero-order valence-electron chi connectivity index (χ0n) is 14.5. The summed E-state index contributed by atoms with van der Waals surface area (Å²) in [4.78, 5) is 12.2. The van der Waals surface area contributed by atoms with Gasteiger partial charge in [-0.1, -0.05) is 6.92 Å². The van der Waals surface area contributed by atoms with Crippen LogP contribution in [0.15, 0.2) is 48.5 Å². The predicted molar refractivity (Wildman–Crippen MR) is 104 cm³/mol.